The molecule has 0 spiro atoms. The second kappa shape index (κ2) is 5.55. The molecular formula is C20H11N3O6. The van der Waals surface area contributed by atoms with E-state index in [1.807, 2.05) is 0 Å². The van der Waals surface area contributed by atoms with Crippen LogP contribution in [0.25, 0.3) is 32.9 Å². The van der Waals surface area contributed by atoms with E-state index in [0.29, 0.717) is 21.8 Å². The van der Waals surface area contributed by atoms with Gasteiger partial charge < -0.3 is 15.2 Å². The number of nitro groups is 1. The van der Waals surface area contributed by atoms with Crippen LogP contribution in [0.1, 0.15) is 20.7 Å². The number of phenolic OH excluding ortho intramolecular Hbond substituents is 2. The standard InChI is InChI=1S/C20H11N3O6/c24-9-2-3-13-12(6-9)16-14(21-13)7-11(17-18(16)20(27)22-19(17)26)10-5-8(23(28)29)1-4-15(10)25/h1-7,21,24-25H,(H,22,26,27). The average molecular weight is 389 g/mol. The minimum Gasteiger partial charge on any atom is -0.508 e. The number of rotatable bonds is 2. The average Bonchev–Trinajstić information content (AvgIpc) is 3.17. The van der Waals surface area contributed by atoms with E-state index in [1.165, 1.54) is 18.2 Å². The summed E-state index contributed by atoms with van der Waals surface area (Å²) in [5.41, 5.74) is 1.20. The molecule has 29 heavy (non-hydrogen) atoms. The third-order valence-electron chi connectivity index (χ3n) is 5.03. The van der Waals surface area contributed by atoms with Crippen LogP contribution in [-0.2, 0) is 0 Å². The molecule has 1 aromatic heterocycles. The van der Waals surface area contributed by atoms with Crippen molar-refractivity contribution in [3.8, 4) is 22.6 Å². The van der Waals surface area contributed by atoms with Crippen molar-refractivity contribution in [1.82, 2.24) is 10.3 Å². The van der Waals surface area contributed by atoms with Gasteiger partial charge in [-0.05, 0) is 30.3 Å². The Morgan fingerprint density at radius 2 is 1.62 bits per heavy atom. The SMILES string of the molecule is O=C1NC(=O)c2c1c(-c1cc([N+](=O)[O-])ccc1O)cc1[nH]c3ccc(O)cc3c21. The van der Waals surface area contributed by atoms with Crippen LogP contribution < -0.4 is 5.32 Å². The van der Waals surface area contributed by atoms with Gasteiger partial charge in [-0.25, -0.2) is 0 Å². The fourth-order valence-corrected chi connectivity index (χ4v) is 3.81. The fourth-order valence-electron chi connectivity index (χ4n) is 3.81. The van der Waals surface area contributed by atoms with E-state index >= 15 is 0 Å². The number of aromatic hydroxyl groups is 2. The highest BCUT2D eigenvalue weighted by Crippen LogP contribution is 2.42. The summed E-state index contributed by atoms with van der Waals surface area (Å²) in [6.45, 7) is 0. The first-order valence-electron chi connectivity index (χ1n) is 8.50. The fraction of sp³-hybridized carbons (Fsp3) is 0. The lowest BCUT2D eigenvalue weighted by molar-refractivity contribution is -0.384. The first kappa shape index (κ1) is 16.8. The highest BCUT2D eigenvalue weighted by atomic mass is 16.6. The molecule has 4 N–H and O–H groups in total. The largest absolute Gasteiger partial charge is 0.508 e. The number of aromatic amines is 1. The summed E-state index contributed by atoms with van der Waals surface area (Å²) in [7, 11) is 0. The van der Waals surface area contributed by atoms with Crippen molar-refractivity contribution in [2.45, 2.75) is 0 Å². The summed E-state index contributed by atoms with van der Waals surface area (Å²) >= 11 is 0. The summed E-state index contributed by atoms with van der Waals surface area (Å²) in [6.07, 6.45) is 0. The van der Waals surface area contributed by atoms with Crippen molar-refractivity contribution >= 4 is 39.3 Å². The number of nitrogens with one attached hydrogen (secondary N) is 2. The molecule has 0 radical (unpaired) electrons. The van der Waals surface area contributed by atoms with E-state index in [9.17, 15) is 29.9 Å². The summed E-state index contributed by atoms with van der Waals surface area (Å²) < 4.78 is 0. The number of nitro benzene ring substituents is 1. The maximum Gasteiger partial charge on any atom is 0.270 e. The minimum absolute atomic E-state index is 0.00251. The van der Waals surface area contributed by atoms with E-state index in [2.05, 4.69) is 10.3 Å². The number of benzene rings is 3. The molecule has 0 aliphatic carbocycles. The monoisotopic (exact) mass is 389 g/mol. The molecule has 0 atom stereocenters. The number of imide groups is 1. The number of hydrogen-bond acceptors (Lipinski definition) is 6. The minimum atomic E-state index is -0.665. The van der Waals surface area contributed by atoms with Gasteiger partial charge in [0.05, 0.1) is 16.1 Å². The zero-order valence-electron chi connectivity index (χ0n) is 14.5. The van der Waals surface area contributed by atoms with Gasteiger partial charge in [0, 0.05) is 45.1 Å². The topological polar surface area (TPSA) is 146 Å². The molecular weight excluding hydrogens is 378 g/mol. The van der Waals surface area contributed by atoms with E-state index in [-0.39, 0.29) is 39.4 Å². The second-order valence-corrected chi connectivity index (χ2v) is 6.69. The van der Waals surface area contributed by atoms with Crippen molar-refractivity contribution in [1.29, 1.82) is 0 Å². The van der Waals surface area contributed by atoms with Gasteiger partial charge >= 0.3 is 0 Å². The third kappa shape index (κ3) is 2.27. The molecule has 1 aliphatic heterocycles. The summed E-state index contributed by atoms with van der Waals surface area (Å²) in [6, 6.07) is 9.63. The van der Waals surface area contributed by atoms with Crippen LogP contribution in [-0.4, -0.2) is 31.9 Å². The normalized spacial score (nSPS) is 13.1. The zero-order valence-corrected chi connectivity index (χ0v) is 14.5. The Labute approximate surface area is 161 Å². The lowest BCUT2D eigenvalue weighted by Gasteiger charge is -2.10. The molecule has 2 amide bonds. The van der Waals surface area contributed by atoms with Crippen LogP contribution >= 0.6 is 0 Å². The number of carbonyl (C=O) groups is 2. The van der Waals surface area contributed by atoms with Crippen molar-refractivity contribution in [3.05, 3.63) is 63.7 Å². The number of non-ortho nitro benzene ring substituents is 1. The third-order valence-corrected chi connectivity index (χ3v) is 5.03. The van der Waals surface area contributed by atoms with Gasteiger partial charge in [-0.15, -0.1) is 0 Å². The van der Waals surface area contributed by atoms with Gasteiger partial charge in [0.1, 0.15) is 11.5 Å². The Balaban J connectivity index is 1.95. The number of carbonyl (C=O) groups excluding carboxylic acids is 2. The molecule has 9 nitrogen and oxygen atoms in total. The summed E-state index contributed by atoms with van der Waals surface area (Å²) in [5, 5.41) is 34.6. The second-order valence-electron chi connectivity index (χ2n) is 6.69. The smallest absolute Gasteiger partial charge is 0.270 e. The molecule has 2 heterocycles. The summed E-state index contributed by atoms with van der Waals surface area (Å²) in [5.74, 6) is -1.55. The molecule has 0 saturated carbocycles. The van der Waals surface area contributed by atoms with E-state index in [1.54, 1.807) is 12.1 Å². The Hall–Kier alpha value is -4.40. The van der Waals surface area contributed by atoms with Crippen molar-refractivity contribution in [3.63, 3.8) is 0 Å². The van der Waals surface area contributed by atoms with Crippen molar-refractivity contribution < 1.29 is 24.7 Å². The molecule has 0 fully saturated rings. The Bertz CT molecular complexity index is 1420. The van der Waals surface area contributed by atoms with Gasteiger partial charge in [0.25, 0.3) is 17.5 Å². The molecule has 4 aromatic rings. The first-order chi connectivity index (χ1) is 13.8. The number of fused-ring (bicyclic) bond motifs is 5. The van der Waals surface area contributed by atoms with Gasteiger partial charge in [0.2, 0.25) is 0 Å². The Morgan fingerprint density at radius 3 is 2.38 bits per heavy atom. The predicted octanol–water partition coefficient (Wildman–Crippen LogP) is 3.19. The van der Waals surface area contributed by atoms with Crippen LogP contribution in [0, 0.1) is 10.1 Å². The van der Waals surface area contributed by atoms with Crippen LogP contribution in [0.5, 0.6) is 11.5 Å². The van der Waals surface area contributed by atoms with Gasteiger partial charge in [-0.1, -0.05) is 0 Å². The molecule has 5 rings (SSSR count). The maximum atomic E-state index is 12.6. The number of amides is 2. The number of H-pyrrole nitrogens is 1. The van der Waals surface area contributed by atoms with Gasteiger partial charge in [-0.2, -0.15) is 0 Å². The molecule has 3 aromatic carbocycles. The van der Waals surface area contributed by atoms with E-state index < -0.39 is 16.7 Å². The number of nitrogens with zero attached hydrogens (tertiary/aromatic N) is 1. The van der Waals surface area contributed by atoms with Gasteiger partial charge in [-0.3, -0.25) is 25.0 Å². The Kier molecular flexibility index (Phi) is 3.21. The Morgan fingerprint density at radius 1 is 0.862 bits per heavy atom. The molecule has 0 saturated heterocycles. The number of phenols is 2. The highest BCUT2D eigenvalue weighted by molar-refractivity contribution is 6.32. The predicted molar refractivity (Wildman–Crippen MR) is 103 cm³/mol. The van der Waals surface area contributed by atoms with E-state index in [4.69, 9.17) is 0 Å². The summed E-state index contributed by atoms with van der Waals surface area (Å²) in [4.78, 5) is 38.8. The van der Waals surface area contributed by atoms with Crippen molar-refractivity contribution in [2.75, 3.05) is 0 Å². The molecule has 0 unspecified atom stereocenters. The number of aromatic nitrogens is 1. The zero-order chi connectivity index (χ0) is 20.4. The molecule has 1 aliphatic rings. The first-order valence-corrected chi connectivity index (χ1v) is 8.50. The molecule has 9 heteroatoms. The van der Waals surface area contributed by atoms with Crippen molar-refractivity contribution in [2.24, 2.45) is 0 Å². The van der Waals surface area contributed by atoms with Gasteiger partial charge in [0.15, 0.2) is 0 Å². The van der Waals surface area contributed by atoms with Crippen LogP contribution in [0.2, 0.25) is 0 Å². The van der Waals surface area contributed by atoms with Crippen LogP contribution in [0.3, 0.4) is 0 Å². The van der Waals surface area contributed by atoms with Crippen LogP contribution in [0.15, 0.2) is 42.5 Å². The quantitative estimate of drug-likeness (QED) is 0.235. The van der Waals surface area contributed by atoms with E-state index in [0.717, 1.165) is 12.1 Å². The van der Waals surface area contributed by atoms with Crippen LogP contribution in [0.4, 0.5) is 5.69 Å². The highest BCUT2D eigenvalue weighted by Gasteiger charge is 2.34. The lowest BCUT2D eigenvalue weighted by Crippen LogP contribution is -2.20. The molecule has 0 bridgehead atoms. The number of hydrogen-bond donors (Lipinski definition) is 4. The lowest BCUT2D eigenvalue weighted by atomic mass is 9.92. The molecule has 142 valence electrons. The maximum absolute atomic E-state index is 12.6.